The molecule has 4 rings (SSSR count). The fourth-order valence-corrected chi connectivity index (χ4v) is 3.30. The molecule has 1 aromatic heterocycles. The van der Waals surface area contributed by atoms with Crippen molar-refractivity contribution in [3.63, 3.8) is 0 Å². The van der Waals surface area contributed by atoms with Gasteiger partial charge in [0.25, 0.3) is 5.91 Å². The van der Waals surface area contributed by atoms with Crippen LogP contribution >= 0.6 is 0 Å². The number of nitrogens with one attached hydrogen (secondary N) is 1. The van der Waals surface area contributed by atoms with Crippen molar-refractivity contribution in [1.29, 1.82) is 0 Å². The quantitative estimate of drug-likeness (QED) is 0.790. The molecule has 1 amide bonds. The third-order valence-corrected chi connectivity index (χ3v) is 4.52. The second-order valence-electron chi connectivity index (χ2n) is 6.44. The van der Waals surface area contributed by atoms with Crippen molar-refractivity contribution in [3.8, 4) is 11.3 Å². The summed E-state index contributed by atoms with van der Waals surface area (Å²) in [6.45, 7) is 3.01. The largest absolute Gasteiger partial charge is 0.367 e. The fraction of sp³-hybridized carbons (Fsp3) is 0.250. The summed E-state index contributed by atoms with van der Waals surface area (Å²) in [6, 6.07) is 19.6. The van der Waals surface area contributed by atoms with E-state index in [2.05, 4.69) is 15.4 Å². The van der Waals surface area contributed by atoms with Gasteiger partial charge in [0, 0.05) is 12.1 Å². The lowest BCUT2D eigenvalue weighted by molar-refractivity contribution is -0.0692. The standard InChI is InChI=1S/C20H20N4O2/c1-14-12-24(13-17(26-14)15-8-4-2-5-9-15)20(25)19-18(21-23-22-19)16-10-6-3-7-11-16/h2-11,14,17H,12-13H2,1H3,(H,21,22,23)/t14-,17+/m0/s1. The lowest BCUT2D eigenvalue weighted by Gasteiger charge is -2.36. The summed E-state index contributed by atoms with van der Waals surface area (Å²) >= 11 is 0. The predicted molar refractivity (Wildman–Crippen MR) is 97.5 cm³/mol. The number of nitrogens with zero attached hydrogens (tertiary/aromatic N) is 3. The molecule has 1 aliphatic rings. The first-order chi connectivity index (χ1) is 12.7. The van der Waals surface area contributed by atoms with Gasteiger partial charge in [0.15, 0.2) is 5.69 Å². The van der Waals surface area contributed by atoms with Gasteiger partial charge in [-0.15, -0.1) is 0 Å². The molecule has 26 heavy (non-hydrogen) atoms. The van der Waals surface area contributed by atoms with Gasteiger partial charge in [-0.05, 0) is 12.5 Å². The minimum absolute atomic E-state index is 0.0509. The van der Waals surface area contributed by atoms with Gasteiger partial charge < -0.3 is 9.64 Å². The first kappa shape index (κ1) is 16.5. The Labute approximate surface area is 151 Å². The van der Waals surface area contributed by atoms with Crippen LogP contribution in [0.4, 0.5) is 0 Å². The summed E-state index contributed by atoms with van der Waals surface area (Å²) in [5.41, 5.74) is 2.86. The fourth-order valence-electron chi connectivity index (χ4n) is 3.30. The monoisotopic (exact) mass is 348 g/mol. The van der Waals surface area contributed by atoms with Gasteiger partial charge in [0.05, 0.1) is 12.6 Å². The minimum atomic E-state index is -0.143. The van der Waals surface area contributed by atoms with Crippen LogP contribution in [0.2, 0.25) is 0 Å². The first-order valence-electron chi connectivity index (χ1n) is 8.68. The number of carbonyl (C=O) groups is 1. The highest BCUT2D eigenvalue weighted by Crippen LogP contribution is 2.27. The van der Waals surface area contributed by atoms with Gasteiger partial charge in [0.1, 0.15) is 11.8 Å². The summed E-state index contributed by atoms with van der Waals surface area (Å²) in [5, 5.41) is 10.9. The van der Waals surface area contributed by atoms with E-state index in [4.69, 9.17) is 4.74 Å². The van der Waals surface area contributed by atoms with Gasteiger partial charge >= 0.3 is 0 Å². The minimum Gasteiger partial charge on any atom is -0.367 e. The molecule has 1 N–H and O–H groups in total. The van der Waals surface area contributed by atoms with Crippen LogP contribution in [0.15, 0.2) is 60.7 Å². The molecular weight excluding hydrogens is 328 g/mol. The Morgan fingerprint density at radius 1 is 1.04 bits per heavy atom. The molecule has 1 fully saturated rings. The van der Waals surface area contributed by atoms with Gasteiger partial charge in [-0.2, -0.15) is 15.4 Å². The van der Waals surface area contributed by atoms with Crippen LogP contribution in [0.25, 0.3) is 11.3 Å². The zero-order valence-corrected chi connectivity index (χ0v) is 14.5. The molecule has 3 aromatic rings. The van der Waals surface area contributed by atoms with E-state index in [1.807, 2.05) is 67.6 Å². The molecule has 1 aliphatic heterocycles. The summed E-state index contributed by atoms with van der Waals surface area (Å²) < 4.78 is 6.05. The molecule has 0 spiro atoms. The highest BCUT2D eigenvalue weighted by atomic mass is 16.5. The smallest absolute Gasteiger partial charge is 0.276 e. The molecule has 2 aromatic carbocycles. The van der Waals surface area contributed by atoms with Crippen molar-refractivity contribution in [2.45, 2.75) is 19.1 Å². The van der Waals surface area contributed by atoms with Crippen molar-refractivity contribution >= 4 is 5.91 Å². The number of hydrogen-bond donors (Lipinski definition) is 1. The van der Waals surface area contributed by atoms with Crippen LogP contribution in [-0.4, -0.2) is 45.4 Å². The topological polar surface area (TPSA) is 71.1 Å². The number of hydrogen-bond acceptors (Lipinski definition) is 4. The van der Waals surface area contributed by atoms with Crippen LogP contribution in [-0.2, 0) is 4.74 Å². The Morgan fingerprint density at radius 3 is 2.46 bits per heavy atom. The molecule has 2 atom stereocenters. The summed E-state index contributed by atoms with van der Waals surface area (Å²) in [4.78, 5) is 14.9. The SMILES string of the molecule is C[C@H]1CN(C(=O)c2n[nH]nc2-c2ccccc2)C[C@H](c2ccccc2)O1. The number of ether oxygens (including phenoxy) is 1. The van der Waals surface area contributed by atoms with Crippen LogP contribution in [0, 0.1) is 0 Å². The molecule has 0 unspecified atom stereocenters. The third-order valence-electron chi connectivity index (χ3n) is 4.52. The molecule has 0 aliphatic carbocycles. The molecule has 132 valence electrons. The first-order valence-corrected chi connectivity index (χ1v) is 8.68. The Morgan fingerprint density at radius 2 is 1.73 bits per heavy atom. The van der Waals surface area contributed by atoms with Crippen LogP contribution in [0.3, 0.4) is 0 Å². The van der Waals surface area contributed by atoms with E-state index in [1.165, 1.54) is 0 Å². The predicted octanol–water partition coefficient (Wildman–Crippen LogP) is 3.07. The van der Waals surface area contributed by atoms with Crippen molar-refractivity contribution in [1.82, 2.24) is 20.3 Å². The average Bonchev–Trinajstić information content (AvgIpc) is 3.18. The average molecular weight is 348 g/mol. The molecular formula is C20H20N4O2. The number of benzene rings is 2. The number of morpholine rings is 1. The van der Waals surface area contributed by atoms with Crippen molar-refractivity contribution < 1.29 is 9.53 Å². The summed E-state index contributed by atoms with van der Waals surface area (Å²) in [5.74, 6) is -0.131. The highest BCUT2D eigenvalue weighted by molar-refractivity contribution is 5.98. The molecule has 0 radical (unpaired) electrons. The van der Waals surface area contributed by atoms with Gasteiger partial charge in [-0.1, -0.05) is 60.7 Å². The van der Waals surface area contributed by atoms with E-state index < -0.39 is 0 Å². The Kier molecular flexibility index (Phi) is 4.50. The maximum Gasteiger partial charge on any atom is 0.276 e. The maximum atomic E-state index is 13.1. The lowest BCUT2D eigenvalue weighted by atomic mass is 10.1. The Balaban J connectivity index is 1.60. The molecule has 6 heteroatoms. The Hall–Kier alpha value is -2.99. The van der Waals surface area contributed by atoms with Gasteiger partial charge in [0.2, 0.25) is 0 Å². The number of aromatic nitrogens is 3. The van der Waals surface area contributed by atoms with E-state index in [0.29, 0.717) is 24.5 Å². The van der Waals surface area contributed by atoms with Crippen molar-refractivity contribution in [2.24, 2.45) is 0 Å². The van der Waals surface area contributed by atoms with E-state index >= 15 is 0 Å². The van der Waals surface area contributed by atoms with Crippen molar-refractivity contribution in [3.05, 3.63) is 71.9 Å². The molecule has 6 nitrogen and oxygen atoms in total. The number of amides is 1. The van der Waals surface area contributed by atoms with Gasteiger partial charge in [-0.3, -0.25) is 4.79 Å². The van der Waals surface area contributed by atoms with Gasteiger partial charge in [-0.25, -0.2) is 0 Å². The van der Waals surface area contributed by atoms with Crippen molar-refractivity contribution in [2.75, 3.05) is 13.1 Å². The Bertz CT molecular complexity index is 879. The second-order valence-corrected chi connectivity index (χ2v) is 6.44. The summed E-state index contributed by atoms with van der Waals surface area (Å²) in [6.07, 6.45) is -0.194. The zero-order valence-electron chi connectivity index (χ0n) is 14.5. The maximum absolute atomic E-state index is 13.1. The van der Waals surface area contributed by atoms with Crippen LogP contribution in [0.1, 0.15) is 29.1 Å². The number of H-pyrrole nitrogens is 1. The molecule has 1 saturated heterocycles. The second kappa shape index (κ2) is 7.09. The van der Waals surface area contributed by atoms with Crippen LogP contribution < -0.4 is 0 Å². The number of carbonyl (C=O) groups excluding carboxylic acids is 1. The van der Waals surface area contributed by atoms with E-state index in [1.54, 1.807) is 4.90 Å². The van der Waals surface area contributed by atoms with E-state index in [-0.39, 0.29) is 18.1 Å². The lowest BCUT2D eigenvalue weighted by Crippen LogP contribution is -2.46. The normalized spacial score (nSPS) is 20.1. The zero-order chi connectivity index (χ0) is 17.9. The number of aromatic amines is 1. The van der Waals surface area contributed by atoms with E-state index in [9.17, 15) is 4.79 Å². The molecule has 2 heterocycles. The summed E-state index contributed by atoms with van der Waals surface area (Å²) in [7, 11) is 0. The molecule has 0 bridgehead atoms. The third kappa shape index (κ3) is 3.23. The molecule has 0 saturated carbocycles. The van der Waals surface area contributed by atoms with E-state index in [0.717, 1.165) is 11.1 Å². The number of rotatable bonds is 3. The van der Waals surface area contributed by atoms with Crippen LogP contribution in [0.5, 0.6) is 0 Å². The highest BCUT2D eigenvalue weighted by Gasteiger charge is 2.32.